The van der Waals surface area contributed by atoms with Crippen LogP contribution in [0, 0.1) is 11.6 Å². The summed E-state index contributed by atoms with van der Waals surface area (Å²) < 4.78 is 64.6. The number of nitrogens with zero attached hydrogens (tertiary/aromatic N) is 3. The second kappa shape index (κ2) is 11.6. The number of aromatic amines is 1. The van der Waals surface area contributed by atoms with E-state index in [4.69, 9.17) is 35.7 Å². The molecular formula is C24H22ClF3N4O6. The molecular weight excluding hydrogens is 533 g/mol. The summed E-state index contributed by atoms with van der Waals surface area (Å²) in [7, 11) is 2.60. The minimum Gasteiger partial charge on any atom is -0.496 e. The largest absolute Gasteiger partial charge is 0.496 e. The van der Waals surface area contributed by atoms with E-state index in [1.54, 1.807) is 0 Å². The molecule has 0 spiro atoms. The van der Waals surface area contributed by atoms with Gasteiger partial charge >= 0.3 is 5.69 Å². The van der Waals surface area contributed by atoms with Gasteiger partial charge in [0.15, 0.2) is 34.6 Å². The number of fused-ring (bicyclic) bond motifs is 1. The van der Waals surface area contributed by atoms with Crippen LogP contribution in [0.5, 0.6) is 23.1 Å². The lowest BCUT2D eigenvalue weighted by molar-refractivity contribution is 0.220. The fraction of sp³-hybridized carbons (Fsp3) is 0.292. The van der Waals surface area contributed by atoms with E-state index in [1.165, 1.54) is 32.4 Å². The lowest BCUT2D eigenvalue weighted by Gasteiger charge is -2.17. The van der Waals surface area contributed by atoms with Gasteiger partial charge in [0, 0.05) is 25.2 Å². The number of alkyl halides is 1. The molecule has 2 heterocycles. The lowest BCUT2D eigenvalue weighted by atomic mass is 10.2. The van der Waals surface area contributed by atoms with Crippen LogP contribution in [0.25, 0.3) is 16.9 Å². The molecule has 0 fully saturated rings. The summed E-state index contributed by atoms with van der Waals surface area (Å²) in [6.07, 6.45) is 0.287. The predicted octanol–water partition coefficient (Wildman–Crippen LogP) is 3.87. The smallest absolute Gasteiger partial charge is 0.332 e. The van der Waals surface area contributed by atoms with Crippen molar-refractivity contribution in [2.45, 2.75) is 19.7 Å². The standard InChI is InChI=1S/C24H22ClF3N4O6/c1-35-16-5-4-14(27)20(28)12(16)11-38-18-9-15(13(25)8-17(18)37-7-3-6-33)32-22-21(31-24(32)34)23(36-2)30-19(10-26)29-22/h4-5,8-9,33H,3,6-7,10-11H2,1-2H3,(H,31,34). The molecule has 4 rings (SSSR count). The van der Waals surface area contributed by atoms with E-state index in [0.717, 1.165) is 10.6 Å². The summed E-state index contributed by atoms with van der Waals surface area (Å²) in [6, 6.07) is 4.86. The summed E-state index contributed by atoms with van der Waals surface area (Å²) in [5.74, 6) is -2.37. The zero-order valence-electron chi connectivity index (χ0n) is 20.2. The van der Waals surface area contributed by atoms with Gasteiger partial charge in [0.2, 0.25) is 5.88 Å². The second-order valence-corrected chi connectivity index (χ2v) is 8.16. The Bertz CT molecular complexity index is 1530. The summed E-state index contributed by atoms with van der Waals surface area (Å²) in [4.78, 5) is 23.5. The minimum absolute atomic E-state index is 0.000963. The van der Waals surface area contributed by atoms with E-state index in [0.29, 0.717) is 0 Å². The van der Waals surface area contributed by atoms with Crippen molar-refractivity contribution >= 4 is 22.8 Å². The Labute approximate surface area is 218 Å². The zero-order chi connectivity index (χ0) is 27.4. The van der Waals surface area contributed by atoms with Crippen LogP contribution in [0.2, 0.25) is 5.02 Å². The predicted molar refractivity (Wildman–Crippen MR) is 130 cm³/mol. The third-order valence-corrected chi connectivity index (χ3v) is 5.72. The highest BCUT2D eigenvalue weighted by molar-refractivity contribution is 6.32. The first-order valence-electron chi connectivity index (χ1n) is 11.2. The highest BCUT2D eigenvalue weighted by Crippen LogP contribution is 2.37. The minimum atomic E-state index is -1.16. The fourth-order valence-corrected chi connectivity index (χ4v) is 3.89. The average Bonchev–Trinajstić information content (AvgIpc) is 3.25. The van der Waals surface area contributed by atoms with E-state index in [2.05, 4.69) is 15.0 Å². The van der Waals surface area contributed by atoms with Crippen molar-refractivity contribution < 1.29 is 37.2 Å². The van der Waals surface area contributed by atoms with Crippen molar-refractivity contribution in [1.29, 1.82) is 0 Å². The molecule has 0 amide bonds. The van der Waals surface area contributed by atoms with Gasteiger partial charge in [-0.25, -0.2) is 27.5 Å². The molecule has 2 N–H and O–H groups in total. The number of aliphatic hydroxyl groups is 1. The van der Waals surface area contributed by atoms with Gasteiger partial charge in [0.25, 0.3) is 0 Å². The molecule has 0 unspecified atom stereocenters. The summed E-state index contributed by atoms with van der Waals surface area (Å²) in [6.45, 7) is -1.56. The molecule has 0 aliphatic rings. The first kappa shape index (κ1) is 27.1. The highest BCUT2D eigenvalue weighted by atomic mass is 35.5. The van der Waals surface area contributed by atoms with Gasteiger partial charge < -0.3 is 24.1 Å². The molecule has 38 heavy (non-hydrogen) atoms. The molecule has 202 valence electrons. The number of benzene rings is 2. The Morgan fingerprint density at radius 2 is 1.84 bits per heavy atom. The third-order valence-electron chi connectivity index (χ3n) is 5.42. The summed E-state index contributed by atoms with van der Waals surface area (Å²) in [5.41, 5.74) is -0.746. The molecule has 0 aliphatic heterocycles. The molecule has 0 saturated carbocycles. The molecule has 0 aliphatic carbocycles. The Morgan fingerprint density at radius 3 is 2.53 bits per heavy atom. The van der Waals surface area contributed by atoms with E-state index >= 15 is 0 Å². The number of rotatable bonds is 11. The van der Waals surface area contributed by atoms with E-state index in [9.17, 15) is 18.0 Å². The van der Waals surface area contributed by atoms with Gasteiger partial charge in [-0.1, -0.05) is 11.6 Å². The Balaban J connectivity index is 1.84. The van der Waals surface area contributed by atoms with Crippen molar-refractivity contribution in [2.24, 2.45) is 0 Å². The first-order valence-corrected chi connectivity index (χ1v) is 11.5. The van der Waals surface area contributed by atoms with Crippen LogP contribution < -0.4 is 24.6 Å². The maximum absolute atomic E-state index is 14.5. The molecule has 14 heteroatoms. The topological polar surface area (TPSA) is 121 Å². The Morgan fingerprint density at radius 1 is 1.08 bits per heavy atom. The number of methoxy groups -OCH3 is 2. The third kappa shape index (κ3) is 5.20. The molecule has 4 aromatic rings. The highest BCUT2D eigenvalue weighted by Gasteiger charge is 2.22. The summed E-state index contributed by atoms with van der Waals surface area (Å²) >= 11 is 6.50. The zero-order valence-corrected chi connectivity index (χ0v) is 20.9. The van der Waals surface area contributed by atoms with Crippen LogP contribution in [0.3, 0.4) is 0 Å². The van der Waals surface area contributed by atoms with Gasteiger partial charge in [-0.3, -0.25) is 4.98 Å². The second-order valence-electron chi connectivity index (χ2n) is 7.75. The van der Waals surface area contributed by atoms with Crippen molar-refractivity contribution in [3.63, 3.8) is 0 Å². The van der Waals surface area contributed by atoms with Crippen LogP contribution in [0.15, 0.2) is 29.1 Å². The van der Waals surface area contributed by atoms with Crippen LogP contribution in [0.4, 0.5) is 13.2 Å². The number of H-pyrrole nitrogens is 1. The van der Waals surface area contributed by atoms with E-state index in [1.807, 2.05) is 0 Å². The number of hydrogen-bond acceptors (Lipinski definition) is 8. The first-order chi connectivity index (χ1) is 18.3. The van der Waals surface area contributed by atoms with Gasteiger partial charge in [-0.2, -0.15) is 4.98 Å². The fourth-order valence-electron chi connectivity index (χ4n) is 3.65. The lowest BCUT2D eigenvalue weighted by Crippen LogP contribution is -2.16. The summed E-state index contributed by atoms with van der Waals surface area (Å²) in [5, 5.41) is 9.12. The molecule has 0 bridgehead atoms. The number of imidazole rings is 1. The molecule has 0 radical (unpaired) electrons. The van der Waals surface area contributed by atoms with Crippen molar-refractivity contribution in [1.82, 2.24) is 19.5 Å². The number of halogens is 4. The SMILES string of the molecule is COc1ccc(F)c(F)c1COc1cc(-n2c(=O)[nH]c3c(OC)nc(CF)nc32)c(Cl)cc1OCCCO. The van der Waals surface area contributed by atoms with Gasteiger partial charge in [0.1, 0.15) is 24.5 Å². The monoisotopic (exact) mass is 554 g/mol. The average molecular weight is 555 g/mol. The van der Waals surface area contributed by atoms with E-state index in [-0.39, 0.29) is 76.0 Å². The van der Waals surface area contributed by atoms with Crippen molar-refractivity contribution in [3.8, 4) is 28.8 Å². The maximum atomic E-state index is 14.5. The molecule has 2 aromatic heterocycles. The van der Waals surface area contributed by atoms with E-state index < -0.39 is 30.6 Å². The van der Waals surface area contributed by atoms with Crippen molar-refractivity contribution in [2.75, 3.05) is 27.4 Å². The van der Waals surface area contributed by atoms with Gasteiger partial charge in [0.05, 0.1) is 37.1 Å². The number of ether oxygens (including phenoxy) is 4. The normalized spacial score (nSPS) is 11.1. The van der Waals surface area contributed by atoms with Crippen LogP contribution in [-0.2, 0) is 13.3 Å². The number of aliphatic hydroxyl groups excluding tert-OH is 1. The van der Waals surface area contributed by atoms with Crippen LogP contribution >= 0.6 is 11.6 Å². The van der Waals surface area contributed by atoms with Crippen LogP contribution in [0.1, 0.15) is 17.8 Å². The quantitative estimate of drug-likeness (QED) is 0.268. The van der Waals surface area contributed by atoms with Crippen LogP contribution in [-0.4, -0.2) is 52.1 Å². The van der Waals surface area contributed by atoms with Gasteiger partial charge in [-0.05, 0) is 12.1 Å². The molecule has 10 nitrogen and oxygen atoms in total. The molecule has 2 aromatic carbocycles. The maximum Gasteiger partial charge on any atom is 0.332 e. The van der Waals surface area contributed by atoms with Crippen molar-refractivity contribution in [3.05, 3.63) is 62.8 Å². The Kier molecular flexibility index (Phi) is 8.27. The Hall–Kier alpha value is -3.97. The molecule has 0 saturated heterocycles. The number of nitrogens with one attached hydrogen (secondary N) is 1. The number of aromatic nitrogens is 4. The number of hydrogen-bond donors (Lipinski definition) is 2. The molecule has 0 atom stereocenters. The van der Waals surface area contributed by atoms with Gasteiger partial charge in [-0.15, -0.1) is 0 Å².